The predicted molar refractivity (Wildman–Crippen MR) is 75.1 cm³/mol. The molecule has 1 unspecified atom stereocenters. The molecule has 0 bridgehead atoms. The van der Waals surface area contributed by atoms with Crippen LogP contribution in [-0.4, -0.2) is 18.0 Å². The van der Waals surface area contributed by atoms with Crippen LogP contribution in [0, 0.1) is 5.82 Å². The van der Waals surface area contributed by atoms with Crippen LogP contribution < -0.4 is 4.74 Å². The number of benzene rings is 2. The van der Waals surface area contributed by atoms with Gasteiger partial charge in [0.15, 0.2) is 0 Å². The van der Waals surface area contributed by atoms with Crippen LogP contribution in [0.25, 0.3) is 0 Å². The van der Waals surface area contributed by atoms with E-state index in [0.29, 0.717) is 11.5 Å². The monoisotopic (exact) mass is 278 g/mol. The molecule has 0 heterocycles. The zero-order valence-electron chi connectivity index (χ0n) is 10.5. The second-order valence-electron chi connectivity index (χ2n) is 4.02. The molecule has 19 heavy (non-hydrogen) atoms. The molecule has 0 aliphatic carbocycles. The highest BCUT2D eigenvalue weighted by atomic mass is 32.2. The maximum atomic E-state index is 12.8. The second kappa shape index (κ2) is 6.59. The van der Waals surface area contributed by atoms with Gasteiger partial charge in [0, 0.05) is 16.2 Å². The van der Waals surface area contributed by atoms with Crippen LogP contribution in [0.2, 0.25) is 0 Å². The van der Waals surface area contributed by atoms with Gasteiger partial charge in [-0.05, 0) is 30.3 Å². The standard InChI is InChI=1S/C15H15FO2S/c1-18-15-5-3-2-4-13(15)14(17)10-19-12-8-6-11(16)7-9-12/h2-9,14,17H,10H2,1H3. The van der Waals surface area contributed by atoms with Crippen LogP contribution in [0.15, 0.2) is 53.4 Å². The lowest BCUT2D eigenvalue weighted by Gasteiger charge is -2.14. The summed E-state index contributed by atoms with van der Waals surface area (Å²) in [4.78, 5) is 0.926. The van der Waals surface area contributed by atoms with Crippen molar-refractivity contribution < 1.29 is 14.2 Å². The van der Waals surface area contributed by atoms with E-state index in [9.17, 15) is 9.50 Å². The number of aliphatic hydroxyl groups excluding tert-OH is 1. The summed E-state index contributed by atoms with van der Waals surface area (Å²) in [6.45, 7) is 0. The van der Waals surface area contributed by atoms with Gasteiger partial charge in [0.2, 0.25) is 0 Å². The minimum atomic E-state index is -0.619. The lowest BCUT2D eigenvalue weighted by Crippen LogP contribution is -2.03. The molecule has 2 nitrogen and oxygen atoms in total. The first kappa shape index (κ1) is 13.9. The molecular formula is C15H15FO2S. The Morgan fingerprint density at radius 3 is 2.53 bits per heavy atom. The quantitative estimate of drug-likeness (QED) is 0.846. The molecule has 0 aliphatic rings. The lowest BCUT2D eigenvalue weighted by atomic mass is 10.1. The highest BCUT2D eigenvalue weighted by Gasteiger charge is 2.12. The molecule has 0 aliphatic heterocycles. The lowest BCUT2D eigenvalue weighted by molar-refractivity contribution is 0.199. The van der Waals surface area contributed by atoms with Crippen molar-refractivity contribution in [1.29, 1.82) is 0 Å². The Bertz CT molecular complexity index is 528. The topological polar surface area (TPSA) is 29.5 Å². The summed E-state index contributed by atoms with van der Waals surface area (Å²) in [5.74, 6) is 0.913. The van der Waals surface area contributed by atoms with E-state index in [1.807, 2.05) is 24.3 Å². The van der Waals surface area contributed by atoms with Crippen molar-refractivity contribution in [2.75, 3.05) is 12.9 Å². The summed E-state index contributed by atoms with van der Waals surface area (Å²) in [6, 6.07) is 13.6. The Labute approximate surface area is 116 Å². The normalized spacial score (nSPS) is 12.2. The number of rotatable bonds is 5. The second-order valence-corrected chi connectivity index (χ2v) is 5.12. The zero-order valence-corrected chi connectivity index (χ0v) is 11.4. The first-order valence-corrected chi connectivity index (χ1v) is 6.88. The SMILES string of the molecule is COc1ccccc1C(O)CSc1ccc(F)cc1. The molecule has 2 rings (SSSR count). The molecule has 0 amide bonds. The number of para-hydroxylation sites is 1. The van der Waals surface area contributed by atoms with Crippen LogP contribution >= 0.6 is 11.8 Å². The largest absolute Gasteiger partial charge is 0.496 e. The molecule has 0 spiro atoms. The molecule has 0 fully saturated rings. The molecule has 0 saturated carbocycles. The number of halogens is 1. The zero-order chi connectivity index (χ0) is 13.7. The van der Waals surface area contributed by atoms with Crippen molar-refractivity contribution >= 4 is 11.8 Å². The Hall–Kier alpha value is -1.52. The smallest absolute Gasteiger partial charge is 0.124 e. The maximum absolute atomic E-state index is 12.8. The van der Waals surface area contributed by atoms with Gasteiger partial charge in [-0.1, -0.05) is 18.2 Å². The Kier molecular flexibility index (Phi) is 4.82. The third kappa shape index (κ3) is 3.72. The van der Waals surface area contributed by atoms with Crippen LogP contribution in [-0.2, 0) is 0 Å². The summed E-state index contributed by atoms with van der Waals surface area (Å²) in [5.41, 5.74) is 0.764. The van der Waals surface area contributed by atoms with Crippen molar-refractivity contribution in [3.05, 3.63) is 59.9 Å². The van der Waals surface area contributed by atoms with E-state index in [-0.39, 0.29) is 5.82 Å². The highest BCUT2D eigenvalue weighted by molar-refractivity contribution is 7.99. The fraction of sp³-hybridized carbons (Fsp3) is 0.200. The average Bonchev–Trinajstić information content (AvgIpc) is 2.46. The van der Waals surface area contributed by atoms with Crippen molar-refractivity contribution in [2.24, 2.45) is 0 Å². The van der Waals surface area contributed by atoms with Gasteiger partial charge >= 0.3 is 0 Å². The Morgan fingerprint density at radius 1 is 1.16 bits per heavy atom. The van der Waals surface area contributed by atoms with E-state index in [4.69, 9.17) is 4.74 Å². The molecule has 4 heteroatoms. The summed E-state index contributed by atoms with van der Waals surface area (Å²) in [5, 5.41) is 10.2. The molecule has 0 aromatic heterocycles. The Morgan fingerprint density at radius 2 is 1.84 bits per heavy atom. The van der Waals surface area contributed by atoms with Crippen LogP contribution in [0.3, 0.4) is 0 Å². The van der Waals surface area contributed by atoms with Gasteiger partial charge in [0.25, 0.3) is 0 Å². The summed E-state index contributed by atoms with van der Waals surface area (Å²) < 4.78 is 18.0. The number of ether oxygens (including phenoxy) is 1. The molecule has 2 aromatic carbocycles. The van der Waals surface area contributed by atoms with Crippen molar-refractivity contribution in [2.45, 2.75) is 11.0 Å². The summed E-state index contributed by atoms with van der Waals surface area (Å²) >= 11 is 1.48. The molecular weight excluding hydrogens is 263 g/mol. The average molecular weight is 278 g/mol. The van der Waals surface area contributed by atoms with E-state index in [1.54, 1.807) is 19.2 Å². The highest BCUT2D eigenvalue weighted by Crippen LogP contribution is 2.29. The van der Waals surface area contributed by atoms with Gasteiger partial charge < -0.3 is 9.84 Å². The molecule has 2 aromatic rings. The molecule has 1 N–H and O–H groups in total. The van der Waals surface area contributed by atoms with E-state index in [0.717, 1.165) is 10.5 Å². The van der Waals surface area contributed by atoms with E-state index < -0.39 is 6.10 Å². The Balaban J connectivity index is 2.01. The number of hydrogen-bond donors (Lipinski definition) is 1. The fourth-order valence-corrected chi connectivity index (χ4v) is 2.60. The van der Waals surface area contributed by atoms with Crippen LogP contribution in [0.4, 0.5) is 4.39 Å². The summed E-state index contributed by atoms with van der Waals surface area (Å²) in [6.07, 6.45) is -0.619. The van der Waals surface area contributed by atoms with Gasteiger partial charge in [-0.15, -0.1) is 11.8 Å². The fourth-order valence-electron chi connectivity index (χ4n) is 1.74. The number of methoxy groups -OCH3 is 1. The molecule has 0 saturated heterocycles. The van der Waals surface area contributed by atoms with Crippen molar-refractivity contribution in [3.8, 4) is 5.75 Å². The molecule has 0 radical (unpaired) electrons. The van der Waals surface area contributed by atoms with Gasteiger partial charge in [0.1, 0.15) is 11.6 Å². The van der Waals surface area contributed by atoms with E-state index >= 15 is 0 Å². The minimum absolute atomic E-state index is 0.255. The van der Waals surface area contributed by atoms with E-state index in [1.165, 1.54) is 23.9 Å². The van der Waals surface area contributed by atoms with Gasteiger partial charge in [-0.2, -0.15) is 0 Å². The first-order valence-electron chi connectivity index (χ1n) is 5.90. The number of thioether (sulfide) groups is 1. The van der Waals surface area contributed by atoms with Gasteiger partial charge in [-0.25, -0.2) is 4.39 Å². The van der Waals surface area contributed by atoms with Gasteiger partial charge in [-0.3, -0.25) is 0 Å². The van der Waals surface area contributed by atoms with Crippen LogP contribution in [0.5, 0.6) is 5.75 Å². The summed E-state index contributed by atoms with van der Waals surface area (Å²) in [7, 11) is 1.58. The molecule has 100 valence electrons. The van der Waals surface area contributed by atoms with Gasteiger partial charge in [0.05, 0.1) is 13.2 Å². The van der Waals surface area contributed by atoms with Crippen LogP contribution in [0.1, 0.15) is 11.7 Å². The third-order valence-electron chi connectivity index (χ3n) is 2.72. The minimum Gasteiger partial charge on any atom is -0.496 e. The number of aliphatic hydroxyl groups is 1. The predicted octanol–water partition coefficient (Wildman–Crippen LogP) is 3.66. The van der Waals surface area contributed by atoms with Crippen molar-refractivity contribution in [3.63, 3.8) is 0 Å². The number of hydrogen-bond acceptors (Lipinski definition) is 3. The molecule has 1 atom stereocenters. The van der Waals surface area contributed by atoms with Crippen molar-refractivity contribution in [1.82, 2.24) is 0 Å². The third-order valence-corrected chi connectivity index (χ3v) is 3.81. The first-order chi connectivity index (χ1) is 9.20. The van der Waals surface area contributed by atoms with E-state index in [2.05, 4.69) is 0 Å². The maximum Gasteiger partial charge on any atom is 0.124 e.